The van der Waals surface area contributed by atoms with Gasteiger partial charge >= 0.3 is 0 Å². The molecule has 1 aromatic rings. The van der Waals surface area contributed by atoms with Gasteiger partial charge in [0.1, 0.15) is 0 Å². The number of carbonyl (C=O) groups excluding carboxylic acids is 1. The van der Waals surface area contributed by atoms with Crippen LogP contribution in [0.4, 0.5) is 0 Å². The van der Waals surface area contributed by atoms with Gasteiger partial charge in [-0.15, -0.1) is 0 Å². The van der Waals surface area contributed by atoms with Gasteiger partial charge < -0.3 is 9.80 Å². The van der Waals surface area contributed by atoms with Crippen LogP contribution in [0.25, 0.3) is 0 Å². The summed E-state index contributed by atoms with van der Waals surface area (Å²) in [5, 5.41) is 0. The molecule has 0 fully saturated rings. The van der Waals surface area contributed by atoms with Crippen LogP contribution in [0.2, 0.25) is 0 Å². The highest BCUT2D eigenvalue weighted by molar-refractivity contribution is 5.94. The smallest absolute Gasteiger partial charge is 0.253 e. The van der Waals surface area contributed by atoms with Crippen molar-refractivity contribution in [2.45, 2.75) is 32.6 Å². The van der Waals surface area contributed by atoms with E-state index in [1.165, 1.54) is 5.56 Å². The standard InChI is InChI=1S/C17H28N2O/c1-17(2,3)15-10-8-14(9-11-15)16(20)19(6)13-7-12-18(4)5/h8-11H,7,12-13H2,1-6H3. The Bertz CT molecular complexity index is 429. The lowest BCUT2D eigenvalue weighted by molar-refractivity contribution is 0.0790. The van der Waals surface area contributed by atoms with Crippen molar-refractivity contribution in [1.82, 2.24) is 9.80 Å². The van der Waals surface area contributed by atoms with Gasteiger partial charge in [0.2, 0.25) is 0 Å². The minimum absolute atomic E-state index is 0.101. The normalized spacial score (nSPS) is 11.8. The highest BCUT2D eigenvalue weighted by Gasteiger charge is 2.15. The molecule has 0 aliphatic carbocycles. The summed E-state index contributed by atoms with van der Waals surface area (Å²) in [6, 6.07) is 7.98. The molecule has 3 nitrogen and oxygen atoms in total. The molecule has 0 atom stereocenters. The SMILES string of the molecule is CN(C)CCCN(C)C(=O)c1ccc(C(C)(C)C)cc1. The summed E-state index contributed by atoms with van der Waals surface area (Å²) in [5.41, 5.74) is 2.15. The van der Waals surface area contributed by atoms with Crippen LogP contribution in [0.15, 0.2) is 24.3 Å². The molecule has 0 saturated carbocycles. The number of amides is 1. The van der Waals surface area contributed by atoms with E-state index in [1.807, 2.05) is 33.3 Å². The zero-order valence-corrected chi connectivity index (χ0v) is 13.7. The first-order chi connectivity index (χ1) is 9.21. The first-order valence-corrected chi connectivity index (χ1v) is 7.22. The second kappa shape index (κ2) is 6.89. The third-order valence-corrected chi connectivity index (χ3v) is 3.44. The minimum Gasteiger partial charge on any atom is -0.342 e. The van der Waals surface area contributed by atoms with Gasteiger partial charge in [-0.1, -0.05) is 32.9 Å². The van der Waals surface area contributed by atoms with E-state index in [2.05, 4.69) is 37.8 Å². The molecule has 0 radical (unpaired) electrons. The van der Waals surface area contributed by atoms with Crippen LogP contribution in [0, 0.1) is 0 Å². The predicted octanol–water partition coefficient (Wildman–Crippen LogP) is 3.01. The van der Waals surface area contributed by atoms with Gasteiger partial charge in [-0.2, -0.15) is 0 Å². The first kappa shape index (κ1) is 16.7. The molecule has 0 aromatic heterocycles. The van der Waals surface area contributed by atoms with Crippen LogP contribution >= 0.6 is 0 Å². The average Bonchev–Trinajstić information content (AvgIpc) is 2.36. The molecule has 0 aliphatic rings. The fourth-order valence-corrected chi connectivity index (χ4v) is 2.06. The lowest BCUT2D eigenvalue weighted by Gasteiger charge is -2.21. The number of carbonyl (C=O) groups is 1. The average molecular weight is 276 g/mol. The molecule has 112 valence electrons. The number of rotatable bonds is 5. The van der Waals surface area contributed by atoms with Crippen molar-refractivity contribution < 1.29 is 4.79 Å². The van der Waals surface area contributed by atoms with Gasteiger partial charge in [0.05, 0.1) is 0 Å². The molecular weight excluding hydrogens is 248 g/mol. The van der Waals surface area contributed by atoms with Crippen LogP contribution in [0.1, 0.15) is 43.1 Å². The molecule has 0 aliphatic heterocycles. The lowest BCUT2D eigenvalue weighted by atomic mass is 9.86. The third kappa shape index (κ3) is 4.97. The molecule has 0 spiro atoms. The zero-order valence-electron chi connectivity index (χ0n) is 13.7. The first-order valence-electron chi connectivity index (χ1n) is 7.22. The summed E-state index contributed by atoms with van der Waals surface area (Å²) < 4.78 is 0. The summed E-state index contributed by atoms with van der Waals surface area (Å²) in [6.45, 7) is 8.32. The molecule has 0 bridgehead atoms. The molecule has 0 heterocycles. The van der Waals surface area contributed by atoms with E-state index in [-0.39, 0.29) is 11.3 Å². The Hall–Kier alpha value is -1.35. The Kier molecular flexibility index (Phi) is 5.75. The van der Waals surface area contributed by atoms with Crippen molar-refractivity contribution in [1.29, 1.82) is 0 Å². The van der Waals surface area contributed by atoms with Gasteiger partial charge in [0.25, 0.3) is 5.91 Å². The lowest BCUT2D eigenvalue weighted by Crippen LogP contribution is -2.29. The molecule has 1 amide bonds. The maximum Gasteiger partial charge on any atom is 0.253 e. The van der Waals surface area contributed by atoms with E-state index in [0.717, 1.165) is 25.1 Å². The van der Waals surface area contributed by atoms with Crippen molar-refractivity contribution >= 4 is 5.91 Å². The van der Waals surface area contributed by atoms with Crippen molar-refractivity contribution in [3.8, 4) is 0 Å². The fraction of sp³-hybridized carbons (Fsp3) is 0.588. The van der Waals surface area contributed by atoms with E-state index < -0.39 is 0 Å². The molecular formula is C17H28N2O. The van der Waals surface area contributed by atoms with Crippen LogP contribution < -0.4 is 0 Å². The number of hydrogen-bond donors (Lipinski definition) is 0. The molecule has 1 rings (SSSR count). The quantitative estimate of drug-likeness (QED) is 0.825. The van der Waals surface area contributed by atoms with Crippen molar-refractivity contribution in [3.05, 3.63) is 35.4 Å². The summed E-state index contributed by atoms with van der Waals surface area (Å²) in [7, 11) is 5.97. The monoisotopic (exact) mass is 276 g/mol. The predicted molar refractivity (Wildman–Crippen MR) is 85.3 cm³/mol. The number of benzene rings is 1. The largest absolute Gasteiger partial charge is 0.342 e. The van der Waals surface area contributed by atoms with Gasteiger partial charge in [-0.25, -0.2) is 0 Å². The molecule has 0 unspecified atom stereocenters. The molecule has 0 saturated heterocycles. The van der Waals surface area contributed by atoms with Crippen LogP contribution in [0.5, 0.6) is 0 Å². The molecule has 1 aromatic carbocycles. The van der Waals surface area contributed by atoms with Gasteiger partial charge in [0.15, 0.2) is 0 Å². The second-order valence-electron chi connectivity index (χ2n) is 6.71. The van der Waals surface area contributed by atoms with Crippen molar-refractivity contribution in [2.24, 2.45) is 0 Å². The Labute approximate surface area is 123 Å². The molecule has 0 N–H and O–H groups in total. The zero-order chi connectivity index (χ0) is 15.3. The van der Waals surface area contributed by atoms with E-state index in [1.54, 1.807) is 4.90 Å². The maximum absolute atomic E-state index is 12.3. The highest BCUT2D eigenvalue weighted by Crippen LogP contribution is 2.22. The summed E-state index contributed by atoms with van der Waals surface area (Å²) in [5.74, 6) is 0.101. The Morgan fingerprint density at radius 1 is 1.00 bits per heavy atom. The maximum atomic E-state index is 12.3. The summed E-state index contributed by atoms with van der Waals surface area (Å²) in [4.78, 5) is 16.2. The molecule has 20 heavy (non-hydrogen) atoms. The number of nitrogens with zero attached hydrogens (tertiary/aromatic N) is 2. The highest BCUT2D eigenvalue weighted by atomic mass is 16.2. The van der Waals surface area contributed by atoms with Crippen LogP contribution in [-0.2, 0) is 5.41 Å². The Balaban J connectivity index is 2.63. The van der Waals surface area contributed by atoms with E-state index in [0.29, 0.717) is 0 Å². The Morgan fingerprint density at radius 2 is 1.55 bits per heavy atom. The second-order valence-corrected chi connectivity index (χ2v) is 6.71. The fourth-order valence-electron chi connectivity index (χ4n) is 2.06. The van der Waals surface area contributed by atoms with Crippen molar-refractivity contribution in [3.63, 3.8) is 0 Å². The third-order valence-electron chi connectivity index (χ3n) is 3.44. The van der Waals surface area contributed by atoms with E-state index in [9.17, 15) is 4.79 Å². The Morgan fingerprint density at radius 3 is 2.00 bits per heavy atom. The van der Waals surface area contributed by atoms with Crippen LogP contribution in [0.3, 0.4) is 0 Å². The van der Waals surface area contributed by atoms with E-state index >= 15 is 0 Å². The van der Waals surface area contributed by atoms with E-state index in [4.69, 9.17) is 0 Å². The van der Waals surface area contributed by atoms with Gasteiger partial charge in [-0.05, 0) is 50.2 Å². The van der Waals surface area contributed by atoms with Gasteiger partial charge in [-0.3, -0.25) is 4.79 Å². The van der Waals surface area contributed by atoms with Crippen LogP contribution in [-0.4, -0.2) is 49.9 Å². The van der Waals surface area contributed by atoms with Crippen molar-refractivity contribution in [2.75, 3.05) is 34.2 Å². The van der Waals surface area contributed by atoms with Gasteiger partial charge in [0, 0.05) is 19.2 Å². The number of hydrogen-bond acceptors (Lipinski definition) is 2. The summed E-state index contributed by atoms with van der Waals surface area (Å²) in [6.07, 6.45) is 0.995. The molecule has 3 heteroatoms. The topological polar surface area (TPSA) is 23.6 Å². The minimum atomic E-state index is 0.101. The summed E-state index contributed by atoms with van der Waals surface area (Å²) >= 11 is 0.